The van der Waals surface area contributed by atoms with E-state index in [1.807, 2.05) is 6.07 Å². The van der Waals surface area contributed by atoms with E-state index < -0.39 is 35.7 Å². The second kappa shape index (κ2) is 15.1. The number of aryl methyl sites for hydroxylation is 1. The molecular weight excluding hydrogens is 532 g/mol. The van der Waals surface area contributed by atoms with E-state index in [4.69, 9.17) is 18.9 Å². The van der Waals surface area contributed by atoms with Crippen molar-refractivity contribution in [2.45, 2.75) is 70.3 Å². The molecule has 3 rings (SSSR count). The first-order valence-electron chi connectivity index (χ1n) is 12.4. The van der Waals surface area contributed by atoms with Crippen molar-refractivity contribution in [1.82, 2.24) is 9.55 Å². The van der Waals surface area contributed by atoms with Gasteiger partial charge in [-0.05, 0) is 31.9 Å². The number of ether oxygens (including phenoxy) is 4. The smallest absolute Gasteiger partial charge is 0.338 e. The molecule has 1 fully saturated rings. The van der Waals surface area contributed by atoms with Crippen LogP contribution in [0.1, 0.15) is 67.1 Å². The predicted octanol–water partition coefficient (Wildman–Crippen LogP) is 4.08. The molecule has 1 aromatic carbocycles. The van der Waals surface area contributed by atoms with Crippen molar-refractivity contribution >= 4 is 21.9 Å². The van der Waals surface area contributed by atoms with Crippen molar-refractivity contribution in [3.05, 3.63) is 68.5 Å². The van der Waals surface area contributed by atoms with Crippen molar-refractivity contribution in [3.8, 4) is 0 Å². The summed E-state index contributed by atoms with van der Waals surface area (Å²) in [6, 6.07) is 8.69. The van der Waals surface area contributed by atoms with E-state index in [2.05, 4.69) is 20.9 Å². The number of benzene rings is 1. The Hall–Kier alpha value is -2.27. The van der Waals surface area contributed by atoms with Gasteiger partial charge in [-0.1, -0.05) is 59.8 Å². The standard InChI is InChI=1S/C26H35BrN2O7/c1-19-16-29(26(32)28-24(19)30)23-15-21(35-18-33-14-10-5-3-2-4-9-13-27)22(36-23)17-34-25(31)20-11-7-6-8-12-20/h6-8,11-12,16,21-23H,2-5,9-10,13-15,17-18H2,1H3,(H,28,30,32)/t21-,22+,23+/m0/s1. The molecule has 1 saturated heterocycles. The second-order valence-corrected chi connectivity index (χ2v) is 9.64. The molecule has 36 heavy (non-hydrogen) atoms. The quantitative estimate of drug-likeness (QED) is 0.150. The number of unbranched alkanes of at least 4 members (excludes halogenated alkanes) is 5. The fourth-order valence-electron chi connectivity index (χ4n) is 4.01. The molecule has 0 spiro atoms. The molecule has 0 radical (unpaired) electrons. The molecule has 198 valence electrons. The Morgan fingerprint density at radius 2 is 1.83 bits per heavy atom. The Morgan fingerprint density at radius 3 is 2.58 bits per heavy atom. The Balaban J connectivity index is 1.53. The number of H-pyrrole nitrogens is 1. The zero-order valence-corrected chi connectivity index (χ0v) is 22.2. The lowest BCUT2D eigenvalue weighted by atomic mass is 10.1. The lowest BCUT2D eigenvalue weighted by Crippen LogP contribution is -2.33. The number of halogens is 1. The van der Waals surface area contributed by atoms with Gasteiger partial charge in [0.15, 0.2) is 0 Å². The number of hydrogen-bond donors (Lipinski definition) is 1. The molecule has 1 N–H and O–H groups in total. The third-order valence-corrected chi connectivity index (χ3v) is 6.62. The molecule has 3 atom stereocenters. The van der Waals surface area contributed by atoms with E-state index >= 15 is 0 Å². The Kier molecular flexibility index (Phi) is 11.9. The maximum absolute atomic E-state index is 12.4. The fraction of sp³-hybridized carbons (Fsp3) is 0.577. The highest BCUT2D eigenvalue weighted by Crippen LogP contribution is 2.30. The average Bonchev–Trinajstić information content (AvgIpc) is 3.29. The van der Waals surface area contributed by atoms with Crippen LogP contribution in [0.5, 0.6) is 0 Å². The van der Waals surface area contributed by atoms with Gasteiger partial charge >= 0.3 is 11.7 Å². The van der Waals surface area contributed by atoms with Gasteiger partial charge in [-0.2, -0.15) is 0 Å². The third kappa shape index (κ3) is 8.69. The first-order valence-corrected chi connectivity index (χ1v) is 13.6. The van der Waals surface area contributed by atoms with E-state index in [1.54, 1.807) is 31.2 Å². The minimum absolute atomic E-state index is 0.0413. The molecule has 0 unspecified atom stereocenters. The van der Waals surface area contributed by atoms with Crippen LogP contribution in [0.3, 0.4) is 0 Å². The molecule has 0 saturated carbocycles. The molecular formula is C26H35BrN2O7. The fourth-order valence-corrected chi connectivity index (χ4v) is 4.41. The van der Waals surface area contributed by atoms with E-state index in [0.29, 0.717) is 24.2 Å². The van der Waals surface area contributed by atoms with Crippen LogP contribution in [0.25, 0.3) is 0 Å². The minimum atomic E-state index is -0.669. The van der Waals surface area contributed by atoms with Gasteiger partial charge in [-0.15, -0.1) is 0 Å². The summed E-state index contributed by atoms with van der Waals surface area (Å²) in [4.78, 5) is 38.8. The molecule has 10 heteroatoms. The first-order chi connectivity index (χ1) is 17.5. The number of hydrogen-bond acceptors (Lipinski definition) is 7. The maximum Gasteiger partial charge on any atom is 0.338 e. The van der Waals surface area contributed by atoms with Gasteiger partial charge in [0.1, 0.15) is 25.7 Å². The molecule has 0 amide bonds. The van der Waals surface area contributed by atoms with Crippen molar-refractivity contribution < 1.29 is 23.7 Å². The lowest BCUT2D eigenvalue weighted by molar-refractivity contribution is -0.120. The van der Waals surface area contributed by atoms with Gasteiger partial charge in [0.05, 0.1) is 11.7 Å². The molecule has 1 aliphatic rings. The molecule has 1 aliphatic heterocycles. The van der Waals surface area contributed by atoms with E-state index in [1.165, 1.54) is 36.4 Å². The van der Waals surface area contributed by atoms with Crippen molar-refractivity contribution in [2.75, 3.05) is 25.3 Å². The zero-order chi connectivity index (χ0) is 25.8. The number of carbonyl (C=O) groups excluding carboxylic acids is 1. The van der Waals surface area contributed by atoms with Gasteiger partial charge in [0, 0.05) is 30.1 Å². The highest BCUT2D eigenvalue weighted by molar-refractivity contribution is 9.09. The Morgan fingerprint density at radius 1 is 1.11 bits per heavy atom. The Bertz CT molecular complexity index is 1060. The molecule has 2 heterocycles. The van der Waals surface area contributed by atoms with Crippen LogP contribution in [0.4, 0.5) is 0 Å². The normalized spacial score (nSPS) is 19.4. The molecule has 9 nitrogen and oxygen atoms in total. The van der Waals surface area contributed by atoms with Crippen LogP contribution in [-0.2, 0) is 18.9 Å². The molecule has 1 aromatic heterocycles. The number of nitrogens with zero attached hydrogens (tertiary/aromatic N) is 1. The number of rotatable bonds is 15. The summed E-state index contributed by atoms with van der Waals surface area (Å²) in [5, 5.41) is 1.06. The van der Waals surface area contributed by atoms with Crippen molar-refractivity contribution in [3.63, 3.8) is 0 Å². The van der Waals surface area contributed by atoms with Crippen molar-refractivity contribution in [2.24, 2.45) is 0 Å². The molecule has 0 bridgehead atoms. The summed E-state index contributed by atoms with van der Waals surface area (Å²) in [5.74, 6) is -0.467. The van der Waals surface area contributed by atoms with Crippen LogP contribution < -0.4 is 11.2 Å². The third-order valence-electron chi connectivity index (χ3n) is 6.06. The highest BCUT2D eigenvalue weighted by Gasteiger charge is 2.38. The van der Waals surface area contributed by atoms with Gasteiger partial charge in [0.2, 0.25) is 0 Å². The van der Waals surface area contributed by atoms with Gasteiger partial charge in [0.25, 0.3) is 5.56 Å². The SMILES string of the molecule is Cc1cn([C@H]2C[C@H](OCOCCCCCCCCBr)[C@@H](COC(=O)c3ccccc3)O2)c(=O)[nH]c1=O. The minimum Gasteiger partial charge on any atom is -0.459 e. The summed E-state index contributed by atoms with van der Waals surface area (Å²) in [7, 11) is 0. The summed E-state index contributed by atoms with van der Waals surface area (Å²) in [6.45, 7) is 2.25. The van der Waals surface area contributed by atoms with Gasteiger partial charge < -0.3 is 18.9 Å². The molecule has 2 aromatic rings. The van der Waals surface area contributed by atoms with E-state index in [0.717, 1.165) is 18.2 Å². The zero-order valence-electron chi connectivity index (χ0n) is 20.7. The molecule has 0 aliphatic carbocycles. The summed E-state index contributed by atoms with van der Waals surface area (Å²) in [6.07, 6.45) is 7.04. The van der Waals surface area contributed by atoms with Crippen LogP contribution in [0.2, 0.25) is 0 Å². The van der Waals surface area contributed by atoms with Crippen LogP contribution in [0, 0.1) is 6.92 Å². The van der Waals surface area contributed by atoms with Crippen molar-refractivity contribution in [1.29, 1.82) is 0 Å². The summed E-state index contributed by atoms with van der Waals surface area (Å²) < 4.78 is 24.4. The highest BCUT2D eigenvalue weighted by atomic mass is 79.9. The summed E-state index contributed by atoms with van der Waals surface area (Å²) in [5.41, 5.74) is -0.173. The number of alkyl halides is 1. The maximum atomic E-state index is 12.4. The topological polar surface area (TPSA) is 109 Å². The lowest BCUT2D eigenvalue weighted by Gasteiger charge is -2.19. The predicted molar refractivity (Wildman–Crippen MR) is 138 cm³/mol. The van der Waals surface area contributed by atoms with Gasteiger partial charge in [-0.25, -0.2) is 9.59 Å². The van der Waals surface area contributed by atoms with E-state index in [-0.39, 0.29) is 13.4 Å². The van der Waals surface area contributed by atoms with Crippen LogP contribution in [0.15, 0.2) is 46.1 Å². The van der Waals surface area contributed by atoms with Crippen LogP contribution >= 0.6 is 15.9 Å². The number of esters is 1. The number of aromatic amines is 1. The van der Waals surface area contributed by atoms with E-state index in [9.17, 15) is 14.4 Å². The largest absolute Gasteiger partial charge is 0.459 e. The summed E-state index contributed by atoms with van der Waals surface area (Å²) >= 11 is 3.45. The first kappa shape index (κ1) is 28.3. The Labute approximate surface area is 219 Å². The monoisotopic (exact) mass is 566 g/mol. The average molecular weight is 567 g/mol. The number of aromatic nitrogens is 2. The number of carbonyl (C=O) groups is 1. The second-order valence-electron chi connectivity index (χ2n) is 8.85. The number of nitrogens with one attached hydrogen (secondary N) is 1. The van der Waals surface area contributed by atoms with Crippen LogP contribution in [-0.4, -0.2) is 53.1 Å². The van der Waals surface area contributed by atoms with Gasteiger partial charge in [-0.3, -0.25) is 14.3 Å².